The lowest BCUT2D eigenvalue weighted by Gasteiger charge is -2.31. The van der Waals surface area contributed by atoms with E-state index in [-0.39, 0.29) is 121 Å². The van der Waals surface area contributed by atoms with E-state index in [4.69, 9.17) is 21.4 Å². The molecule has 28 nitrogen and oxygen atoms in total. The van der Waals surface area contributed by atoms with Gasteiger partial charge in [0.1, 0.15) is 23.9 Å². The Hall–Kier alpha value is -9.25. The molecule has 4 aromatic carbocycles. The fourth-order valence-electron chi connectivity index (χ4n) is 8.95. The summed E-state index contributed by atoms with van der Waals surface area (Å²) in [5.74, 6) is -7.50. The normalized spacial score (nSPS) is 12.0. The molecule has 466 valence electrons. The van der Waals surface area contributed by atoms with Gasteiger partial charge in [-0.1, -0.05) is 54.6 Å². The third kappa shape index (κ3) is 27.0. The van der Waals surface area contributed by atoms with Gasteiger partial charge in [0.05, 0.1) is 32.7 Å². The maximum Gasteiger partial charge on any atom is 0.317 e. The lowest BCUT2D eigenvalue weighted by Crippen LogP contribution is -2.56. The number of unbranched alkanes of at least 4 members (excludes halogenated alkanes) is 1. The topological polar surface area (TPSA) is 419 Å². The number of carbonyl (C=O) groups excluding carboxylic acids is 7. The highest BCUT2D eigenvalue weighted by molar-refractivity contribution is 5.97. The van der Waals surface area contributed by atoms with Gasteiger partial charge < -0.3 is 78.9 Å². The van der Waals surface area contributed by atoms with E-state index < -0.39 is 83.9 Å². The van der Waals surface area contributed by atoms with E-state index in [1.165, 1.54) is 55.3 Å². The van der Waals surface area contributed by atoms with Crippen molar-refractivity contribution in [3.05, 3.63) is 108 Å². The molecule has 0 unspecified atom stereocenters. The van der Waals surface area contributed by atoms with Gasteiger partial charge in [-0.15, -0.1) is 0 Å². The zero-order chi connectivity index (χ0) is 63.0. The molecule has 0 saturated heterocycles. The largest absolute Gasteiger partial charge is 0.508 e. The van der Waals surface area contributed by atoms with Gasteiger partial charge in [0, 0.05) is 97.0 Å². The van der Waals surface area contributed by atoms with Gasteiger partial charge in [-0.05, 0) is 84.0 Å². The van der Waals surface area contributed by atoms with Crippen LogP contribution in [0.15, 0.2) is 91.0 Å². The molecule has 16 N–H and O–H groups in total. The number of phenolic OH excluding ortho intramolecular Hbond substituents is 1. The molecule has 0 spiro atoms. The third-order valence-corrected chi connectivity index (χ3v) is 13.3. The van der Waals surface area contributed by atoms with Crippen molar-refractivity contribution in [1.82, 2.24) is 57.2 Å². The Balaban J connectivity index is 1.41. The van der Waals surface area contributed by atoms with Crippen molar-refractivity contribution in [2.24, 2.45) is 5.73 Å². The van der Waals surface area contributed by atoms with Crippen molar-refractivity contribution in [3.8, 4) is 5.75 Å². The van der Waals surface area contributed by atoms with Crippen LogP contribution in [-0.2, 0) is 56.0 Å². The Bertz CT molecular complexity index is 2930. The summed E-state index contributed by atoms with van der Waals surface area (Å²) in [5, 5.41) is 71.2. The number of phenols is 1. The number of guanidine groups is 1. The lowest BCUT2D eigenvalue weighted by molar-refractivity contribution is -0.142. The summed E-state index contributed by atoms with van der Waals surface area (Å²) in [6, 6.07) is 21.8. The molecule has 7 amide bonds. The first kappa shape index (κ1) is 69.2. The van der Waals surface area contributed by atoms with Crippen molar-refractivity contribution in [2.75, 3.05) is 104 Å². The Morgan fingerprint density at radius 1 is 0.570 bits per heavy atom. The molecule has 0 heterocycles. The number of hydrogen-bond acceptors (Lipinski definition) is 16. The molecular weight excluding hydrogens is 1120 g/mol. The summed E-state index contributed by atoms with van der Waals surface area (Å²) in [4.78, 5) is 133. The number of likely N-dealkylation sites (N-methyl/N-ethyl adjacent to an activating group) is 1. The molecule has 3 atom stereocenters. The Morgan fingerprint density at radius 2 is 1.15 bits per heavy atom. The quantitative estimate of drug-likeness (QED) is 0.0142. The third-order valence-electron chi connectivity index (χ3n) is 13.3. The minimum Gasteiger partial charge on any atom is -0.508 e. The minimum absolute atomic E-state index is 0.0387. The molecule has 0 fully saturated rings. The van der Waals surface area contributed by atoms with Crippen LogP contribution in [0.2, 0.25) is 0 Å². The number of anilines is 1. The smallest absolute Gasteiger partial charge is 0.317 e. The van der Waals surface area contributed by atoms with Crippen LogP contribution in [0, 0.1) is 5.41 Å². The van der Waals surface area contributed by atoms with Gasteiger partial charge >= 0.3 is 17.9 Å². The van der Waals surface area contributed by atoms with E-state index in [0.717, 1.165) is 16.3 Å². The van der Waals surface area contributed by atoms with Crippen LogP contribution in [-0.4, -0.2) is 217 Å². The first-order valence-electron chi connectivity index (χ1n) is 28.0. The Labute approximate surface area is 497 Å². The first-order chi connectivity index (χ1) is 41.1. The second-order valence-electron chi connectivity index (χ2n) is 20.3. The van der Waals surface area contributed by atoms with E-state index in [1.807, 2.05) is 42.5 Å². The molecule has 0 aliphatic heterocycles. The monoisotopic (exact) mass is 1200 g/mol. The summed E-state index contributed by atoms with van der Waals surface area (Å²) in [5.41, 5.74) is 7.27. The lowest BCUT2D eigenvalue weighted by atomic mass is 10.0. The SMILES string of the molecule is CC(=O)N[C@@H](Cc1ccc2ccccc2c1)C(=O)NCC(=O)N[C@H](Cc1ccc(O)cc1)C(=O)N(C)[C@H](CCCNC(=O)c1ccc(NC(=O)CN(CCNCC(=O)O)CCN(CCNCC(=O)O)CC(=O)O)cc1)C(=O)NCCCCNC(=N)N. The summed E-state index contributed by atoms with van der Waals surface area (Å²) >= 11 is 0. The number of benzene rings is 4. The highest BCUT2D eigenvalue weighted by atomic mass is 16.4. The van der Waals surface area contributed by atoms with E-state index in [1.54, 1.807) is 21.9 Å². The van der Waals surface area contributed by atoms with E-state index >= 15 is 0 Å². The maximum absolute atomic E-state index is 14.6. The predicted octanol–water partition coefficient (Wildman–Crippen LogP) is -1.17. The van der Waals surface area contributed by atoms with Crippen LogP contribution in [0.3, 0.4) is 0 Å². The molecule has 0 radical (unpaired) electrons. The van der Waals surface area contributed by atoms with Crippen LogP contribution in [0.4, 0.5) is 5.69 Å². The number of carbonyl (C=O) groups is 10. The van der Waals surface area contributed by atoms with Crippen LogP contribution in [0.1, 0.15) is 54.1 Å². The number of nitrogens with zero attached hydrogens (tertiary/aromatic N) is 3. The molecule has 28 heteroatoms. The molecule has 0 aliphatic rings. The van der Waals surface area contributed by atoms with Crippen LogP contribution < -0.4 is 53.6 Å². The maximum atomic E-state index is 14.6. The number of carboxylic acids is 3. The molecule has 0 bridgehead atoms. The number of carboxylic acid groups (broad SMARTS) is 3. The zero-order valence-electron chi connectivity index (χ0n) is 48.3. The second kappa shape index (κ2) is 37.1. The Kier molecular flexibility index (Phi) is 29.9. The summed E-state index contributed by atoms with van der Waals surface area (Å²) in [6.45, 7) is 1.38. The molecule has 4 rings (SSSR count). The molecule has 4 aromatic rings. The van der Waals surface area contributed by atoms with Gasteiger partial charge in [-0.25, -0.2) is 0 Å². The van der Waals surface area contributed by atoms with Crippen molar-refractivity contribution in [2.45, 2.75) is 63.6 Å². The van der Waals surface area contributed by atoms with Crippen molar-refractivity contribution >= 4 is 81.7 Å². The summed E-state index contributed by atoms with van der Waals surface area (Å²) < 4.78 is 0. The van der Waals surface area contributed by atoms with E-state index in [9.17, 15) is 58.2 Å². The molecule has 86 heavy (non-hydrogen) atoms. The van der Waals surface area contributed by atoms with Crippen LogP contribution in [0.25, 0.3) is 10.8 Å². The van der Waals surface area contributed by atoms with Gasteiger partial charge in [0.2, 0.25) is 35.4 Å². The summed E-state index contributed by atoms with van der Waals surface area (Å²) in [6.07, 6.45) is 1.30. The molecule has 0 saturated carbocycles. The Morgan fingerprint density at radius 3 is 1.76 bits per heavy atom. The van der Waals surface area contributed by atoms with Crippen LogP contribution >= 0.6 is 0 Å². The standard InChI is InChI=1S/C58H80N14O14/c1-38(73)67-46(32-40-11-14-41-8-3-4-9-43(41)30-40)55(84)66-33-49(75)69-47(31-39-12-19-45(74)20-13-39)57(86)70(2)48(56(85)64-21-5-6-22-65-58(59)60)10-7-23-63-54(83)42-15-17-44(18-16-42)68-50(76)36-71(26-24-61-34-51(77)78)28-29-72(37-53(81)82)27-25-62-35-52(79)80/h3-4,8-9,11-20,30,46-48,61-62,74H,5-7,10,21-29,31-37H2,1-2H3,(H,63,83)(H,64,85)(H,66,84)(H,67,73)(H,68,76)(H,69,75)(H,77,78)(H,79,80)(H,81,82)(H4,59,60,65)/t46-,47+,48+/m0/s1. The van der Waals surface area contributed by atoms with Gasteiger partial charge in [0.25, 0.3) is 5.91 Å². The van der Waals surface area contributed by atoms with Gasteiger partial charge in [-0.3, -0.25) is 63.2 Å². The van der Waals surface area contributed by atoms with Crippen molar-refractivity contribution < 1.29 is 68.4 Å². The number of aromatic hydroxyl groups is 1. The fourth-order valence-corrected chi connectivity index (χ4v) is 8.95. The predicted molar refractivity (Wildman–Crippen MR) is 319 cm³/mol. The highest BCUT2D eigenvalue weighted by Crippen LogP contribution is 2.18. The van der Waals surface area contributed by atoms with E-state index in [0.29, 0.717) is 30.6 Å². The molecular formula is C58H80N14O14. The average Bonchev–Trinajstić information content (AvgIpc) is 3.60. The fraction of sp³-hybridized carbons (Fsp3) is 0.431. The van der Waals surface area contributed by atoms with E-state index in [2.05, 4.69) is 47.9 Å². The number of rotatable bonds is 40. The van der Waals surface area contributed by atoms with Crippen LogP contribution in [0.5, 0.6) is 5.75 Å². The minimum atomic E-state index is -1.29. The zero-order valence-corrected chi connectivity index (χ0v) is 48.3. The molecule has 0 aliphatic carbocycles. The summed E-state index contributed by atoms with van der Waals surface area (Å²) in [7, 11) is 1.41. The number of nitrogens with one attached hydrogen (secondary N) is 10. The first-order valence-corrected chi connectivity index (χ1v) is 28.0. The number of hydrogen-bond donors (Lipinski definition) is 15. The average molecular weight is 1200 g/mol. The van der Waals surface area contributed by atoms with Gasteiger partial charge in [0.15, 0.2) is 5.96 Å². The second-order valence-corrected chi connectivity index (χ2v) is 20.3. The highest BCUT2D eigenvalue weighted by Gasteiger charge is 2.33. The van der Waals surface area contributed by atoms with Crippen molar-refractivity contribution in [3.63, 3.8) is 0 Å². The number of nitrogens with two attached hydrogens (primary N) is 1. The number of amides is 7. The number of aliphatic carboxylic acids is 3. The van der Waals surface area contributed by atoms with Gasteiger partial charge in [-0.2, -0.15) is 0 Å². The number of fused-ring (bicyclic) bond motifs is 1. The van der Waals surface area contributed by atoms with Crippen molar-refractivity contribution in [1.29, 1.82) is 5.41 Å². The molecule has 0 aromatic heterocycles.